The molecule has 0 aromatic carbocycles. The topological polar surface area (TPSA) is 73.0 Å². The van der Waals surface area contributed by atoms with Crippen molar-refractivity contribution in [1.82, 2.24) is 15.5 Å². The Kier molecular flexibility index (Phi) is 4.02. The third kappa shape index (κ3) is 2.98. The van der Waals surface area contributed by atoms with E-state index in [0.29, 0.717) is 18.4 Å². The minimum Gasteiger partial charge on any atom is -0.391 e. The molecule has 1 aliphatic rings. The van der Waals surface area contributed by atoms with Gasteiger partial charge in [-0.25, -0.2) is 0 Å². The van der Waals surface area contributed by atoms with Crippen molar-refractivity contribution >= 4 is 5.69 Å². The number of piperidine rings is 1. The normalized spacial score (nSPS) is 25.2. The number of nitrogens with zero attached hydrogens (tertiary/aromatic N) is 1. The minimum atomic E-state index is -0.245. The summed E-state index contributed by atoms with van der Waals surface area (Å²) >= 11 is 0. The van der Waals surface area contributed by atoms with Crippen molar-refractivity contribution in [1.29, 1.82) is 0 Å². The number of hydrogen-bond donors (Lipinski definition) is 4. The number of rotatable bonds is 4. The molecular formula is C12H22N4O. The van der Waals surface area contributed by atoms with Crippen molar-refractivity contribution in [2.45, 2.75) is 32.3 Å². The molecule has 0 aliphatic carbocycles. The Hall–Kier alpha value is -1.07. The second-order valence-corrected chi connectivity index (χ2v) is 5.05. The molecule has 0 saturated carbocycles. The number of anilines is 1. The molecule has 1 aromatic heterocycles. The molecule has 2 atom stereocenters. The van der Waals surface area contributed by atoms with Gasteiger partial charge in [-0.15, -0.1) is 0 Å². The van der Waals surface area contributed by atoms with Crippen LogP contribution in [-0.2, 0) is 0 Å². The van der Waals surface area contributed by atoms with E-state index >= 15 is 0 Å². The highest BCUT2D eigenvalue weighted by Crippen LogP contribution is 2.22. The van der Waals surface area contributed by atoms with Gasteiger partial charge < -0.3 is 15.7 Å². The first-order valence-corrected chi connectivity index (χ1v) is 6.34. The van der Waals surface area contributed by atoms with Crippen LogP contribution in [0, 0.1) is 5.92 Å². The van der Waals surface area contributed by atoms with Crippen LogP contribution in [0.5, 0.6) is 0 Å². The van der Waals surface area contributed by atoms with E-state index in [2.05, 4.69) is 34.7 Å². The molecular weight excluding hydrogens is 216 g/mol. The molecule has 0 bridgehead atoms. The van der Waals surface area contributed by atoms with E-state index in [4.69, 9.17) is 0 Å². The Bertz CT molecular complexity index is 350. The first-order valence-electron chi connectivity index (χ1n) is 6.34. The highest BCUT2D eigenvalue weighted by Gasteiger charge is 2.22. The summed E-state index contributed by atoms with van der Waals surface area (Å²) in [6.45, 7) is 6.78. The number of aliphatic hydroxyl groups is 1. The molecule has 1 aliphatic heterocycles. The maximum atomic E-state index is 9.85. The lowest BCUT2D eigenvalue weighted by molar-refractivity contribution is 0.0884. The number of nitrogens with one attached hydrogen (secondary N) is 3. The standard InChI is InChI=1S/C12H22N4O/c1-8(2)12-10(6-15-16-12)14-5-9-3-4-13-7-11(9)17/h6,8-9,11,13-14,17H,3-5,7H2,1-2H3,(H,15,16)/t9-,11+/m1/s1. The van der Waals surface area contributed by atoms with Crippen LogP contribution in [0.25, 0.3) is 0 Å². The van der Waals surface area contributed by atoms with Crippen LogP contribution in [0.1, 0.15) is 31.9 Å². The summed E-state index contributed by atoms with van der Waals surface area (Å²) in [6, 6.07) is 0. The van der Waals surface area contributed by atoms with Gasteiger partial charge in [0.15, 0.2) is 0 Å². The molecule has 2 heterocycles. The maximum Gasteiger partial charge on any atom is 0.0759 e. The summed E-state index contributed by atoms with van der Waals surface area (Å²) in [5, 5.41) is 23.5. The predicted octanol–water partition coefficient (Wildman–Crippen LogP) is 0.915. The summed E-state index contributed by atoms with van der Waals surface area (Å²) in [5.74, 6) is 0.754. The van der Waals surface area contributed by atoms with Gasteiger partial charge in [-0.05, 0) is 18.9 Å². The average molecular weight is 238 g/mol. The lowest BCUT2D eigenvalue weighted by Crippen LogP contribution is -2.43. The summed E-state index contributed by atoms with van der Waals surface area (Å²) in [6.07, 6.45) is 2.59. The second kappa shape index (κ2) is 5.51. The molecule has 2 rings (SSSR count). The summed E-state index contributed by atoms with van der Waals surface area (Å²) < 4.78 is 0. The van der Waals surface area contributed by atoms with E-state index in [1.54, 1.807) is 0 Å². The van der Waals surface area contributed by atoms with Crippen LogP contribution in [0.3, 0.4) is 0 Å². The van der Waals surface area contributed by atoms with E-state index in [1.807, 2.05) is 6.20 Å². The average Bonchev–Trinajstić information content (AvgIpc) is 2.76. The van der Waals surface area contributed by atoms with Gasteiger partial charge in [0.05, 0.1) is 23.7 Å². The molecule has 17 heavy (non-hydrogen) atoms. The lowest BCUT2D eigenvalue weighted by Gasteiger charge is -2.28. The van der Waals surface area contributed by atoms with E-state index in [9.17, 15) is 5.11 Å². The Balaban J connectivity index is 1.90. The third-order valence-corrected chi connectivity index (χ3v) is 3.39. The Morgan fingerprint density at radius 2 is 2.41 bits per heavy atom. The lowest BCUT2D eigenvalue weighted by atomic mass is 9.95. The molecule has 1 fully saturated rings. The number of H-pyrrole nitrogens is 1. The zero-order valence-electron chi connectivity index (χ0n) is 10.5. The number of hydrogen-bond acceptors (Lipinski definition) is 4. The fraction of sp³-hybridized carbons (Fsp3) is 0.750. The van der Waals surface area contributed by atoms with E-state index in [-0.39, 0.29) is 6.10 Å². The van der Waals surface area contributed by atoms with Crippen LogP contribution >= 0.6 is 0 Å². The van der Waals surface area contributed by atoms with E-state index in [0.717, 1.165) is 30.9 Å². The summed E-state index contributed by atoms with van der Waals surface area (Å²) in [5.41, 5.74) is 2.19. The first kappa shape index (κ1) is 12.4. The largest absolute Gasteiger partial charge is 0.391 e. The third-order valence-electron chi connectivity index (χ3n) is 3.39. The molecule has 0 amide bonds. The molecule has 5 heteroatoms. The SMILES string of the molecule is CC(C)c1[nH]ncc1NC[C@H]1CCNC[C@@H]1O. The van der Waals surface area contributed by atoms with E-state index in [1.165, 1.54) is 0 Å². The highest BCUT2D eigenvalue weighted by atomic mass is 16.3. The monoisotopic (exact) mass is 238 g/mol. The van der Waals surface area contributed by atoms with Crippen molar-refractivity contribution in [3.8, 4) is 0 Å². The molecule has 1 saturated heterocycles. The van der Waals surface area contributed by atoms with Gasteiger partial charge in [0.2, 0.25) is 0 Å². The zero-order valence-corrected chi connectivity index (χ0v) is 10.5. The van der Waals surface area contributed by atoms with Gasteiger partial charge >= 0.3 is 0 Å². The molecule has 4 N–H and O–H groups in total. The number of aromatic nitrogens is 2. The van der Waals surface area contributed by atoms with Gasteiger partial charge in [-0.2, -0.15) is 5.10 Å². The van der Waals surface area contributed by atoms with Crippen molar-refractivity contribution in [2.24, 2.45) is 5.92 Å². The zero-order chi connectivity index (χ0) is 12.3. The van der Waals surface area contributed by atoms with Crippen LogP contribution in [-0.4, -0.2) is 41.0 Å². The van der Waals surface area contributed by atoms with Crippen molar-refractivity contribution < 1.29 is 5.11 Å². The van der Waals surface area contributed by atoms with Gasteiger partial charge in [-0.1, -0.05) is 13.8 Å². The maximum absolute atomic E-state index is 9.85. The molecule has 0 radical (unpaired) electrons. The smallest absolute Gasteiger partial charge is 0.0759 e. The van der Waals surface area contributed by atoms with Crippen molar-refractivity contribution in [3.63, 3.8) is 0 Å². The number of β-amino-alcohol motifs (C(OH)–C–C–N with tert-alkyl or cyclic N) is 1. The van der Waals surface area contributed by atoms with Gasteiger partial charge in [-0.3, -0.25) is 5.10 Å². The number of aromatic amines is 1. The van der Waals surface area contributed by atoms with Gasteiger partial charge in [0.1, 0.15) is 0 Å². The van der Waals surface area contributed by atoms with E-state index < -0.39 is 0 Å². The highest BCUT2D eigenvalue weighted by molar-refractivity contribution is 5.47. The van der Waals surface area contributed by atoms with Crippen molar-refractivity contribution in [3.05, 3.63) is 11.9 Å². The second-order valence-electron chi connectivity index (χ2n) is 5.05. The number of aliphatic hydroxyl groups excluding tert-OH is 1. The van der Waals surface area contributed by atoms with Crippen LogP contribution < -0.4 is 10.6 Å². The Labute approximate surface area is 102 Å². The molecule has 0 spiro atoms. The quantitative estimate of drug-likeness (QED) is 0.629. The Morgan fingerprint density at radius 1 is 1.59 bits per heavy atom. The fourth-order valence-electron chi connectivity index (χ4n) is 2.25. The molecule has 5 nitrogen and oxygen atoms in total. The fourth-order valence-corrected chi connectivity index (χ4v) is 2.25. The Morgan fingerprint density at radius 3 is 3.12 bits per heavy atom. The first-order chi connectivity index (χ1) is 8.18. The van der Waals surface area contributed by atoms with Crippen LogP contribution in [0.4, 0.5) is 5.69 Å². The summed E-state index contributed by atoms with van der Waals surface area (Å²) in [4.78, 5) is 0. The molecule has 0 unspecified atom stereocenters. The van der Waals surface area contributed by atoms with Crippen molar-refractivity contribution in [2.75, 3.05) is 25.0 Å². The molecule has 96 valence electrons. The summed E-state index contributed by atoms with van der Waals surface area (Å²) in [7, 11) is 0. The molecule has 1 aromatic rings. The predicted molar refractivity (Wildman–Crippen MR) is 68.1 cm³/mol. The van der Waals surface area contributed by atoms with Crippen LogP contribution in [0.2, 0.25) is 0 Å². The van der Waals surface area contributed by atoms with Crippen LogP contribution in [0.15, 0.2) is 6.20 Å². The van der Waals surface area contributed by atoms with Gasteiger partial charge in [0.25, 0.3) is 0 Å². The minimum absolute atomic E-state index is 0.245. The van der Waals surface area contributed by atoms with Gasteiger partial charge in [0, 0.05) is 19.0 Å².